The van der Waals surface area contributed by atoms with Crippen molar-refractivity contribution in [2.24, 2.45) is 5.10 Å². The molecule has 2 aromatic rings. The van der Waals surface area contributed by atoms with Gasteiger partial charge in [-0.15, -0.1) is 0 Å². The molecule has 0 saturated carbocycles. The van der Waals surface area contributed by atoms with E-state index in [9.17, 15) is 14.4 Å². The van der Waals surface area contributed by atoms with E-state index in [-0.39, 0.29) is 12.5 Å². The average Bonchev–Trinajstić information content (AvgIpc) is 2.72. The molecule has 0 fully saturated rings. The first-order valence-electron chi connectivity index (χ1n) is 9.19. The highest BCUT2D eigenvalue weighted by atomic mass is 16.5. The number of hydrazone groups is 1. The van der Waals surface area contributed by atoms with Gasteiger partial charge in [0.25, 0.3) is 5.91 Å². The molecule has 3 amide bonds. The first-order valence-corrected chi connectivity index (χ1v) is 9.19. The molecule has 0 unspecified atom stereocenters. The Kier molecular flexibility index (Phi) is 8.37. The zero-order valence-corrected chi connectivity index (χ0v) is 16.4. The predicted molar refractivity (Wildman–Crippen MR) is 111 cm³/mol. The summed E-state index contributed by atoms with van der Waals surface area (Å²) in [5, 5.41) is 9.00. The normalized spacial score (nSPS) is 10.4. The fraction of sp³-hybridized carbons (Fsp3) is 0.238. The molecule has 0 radical (unpaired) electrons. The lowest BCUT2D eigenvalue weighted by Crippen LogP contribution is -2.38. The smallest absolute Gasteiger partial charge is 0.329 e. The van der Waals surface area contributed by atoms with Crippen LogP contribution in [0, 0.1) is 6.92 Å². The number of nitrogens with one attached hydrogen (secondary N) is 3. The number of hydrogen-bond donors (Lipinski definition) is 3. The molecule has 0 bridgehead atoms. The van der Waals surface area contributed by atoms with Gasteiger partial charge in [0.05, 0.1) is 6.21 Å². The molecule has 8 nitrogen and oxygen atoms in total. The molecule has 0 heterocycles. The summed E-state index contributed by atoms with van der Waals surface area (Å²) in [7, 11) is 0. The van der Waals surface area contributed by atoms with Crippen LogP contribution in [0.1, 0.15) is 24.5 Å². The van der Waals surface area contributed by atoms with E-state index in [0.717, 1.165) is 17.7 Å². The van der Waals surface area contributed by atoms with Crippen LogP contribution in [0.25, 0.3) is 0 Å². The molecule has 0 saturated heterocycles. The highest BCUT2D eigenvalue weighted by Gasteiger charge is 2.10. The number of benzene rings is 2. The Balaban J connectivity index is 1.84. The van der Waals surface area contributed by atoms with Crippen LogP contribution in [-0.2, 0) is 14.4 Å². The highest BCUT2D eigenvalue weighted by Crippen LogP contribution is 2.14. The van der Waals surface area contributed by atoms with Crippen LogP contribution >= 0.6 is 0 Å². The zero-order valence-electron chi connectivity index (χ0n) is 16.4. The van der Waals surface area contributed by atoms with E-state index in [1.54, 1.807) is 24.3 Å². The Bertz CT molecular complexity index is 896. The van der Waals surface area contributed by atoms with Crippen molar-refractivity contribution in [3.63, 3.8) is 0 Å². The van der Waals surface area contributed by atoms with Gasteiger partial charge >= 0.3 is 11.8 Å². The van der Waals surface area contributed by atoms with Crippen LogP contribution in [0.3, 0.4) is 0 Å². The van der Waals surface area contributed by atoms with E-state index in [0.29, 0.717) is 17.9 Å². The number of carbonyl (C=O) groups is 3. The van der Waals surface area contributed by atoms with Gasteiger partial charge in [0, 0.05) is 12.2 Å². The lowest BCUT2D eigenvalue weighted by molar-refractivity contribution is -0.139. The molecule has 29 heavy (non-hydrogen) atoms. The van der Waals surface area contributed by atoms with Gasteiger partial charge < -0.3 is 15.4 Å². The third kappa shape index (κ3) is 7.45. The van der Waals surface area contributed by atoms with Gasteiger partial charge in [0.2, 0.25) is 0 Å². The molecular weight excluding hydrogens is 372 g/mol. The minimum Gasteiger partial charge on any atom is -0.484 e. The number of carbonyl (C=O) groups excluding carboxylic acids is 3. The maximum absolute atomic E-state index is 12.1. The van der Waals surface area contributed by atoms with Gasteiger partial charge in [-0.2, -0.15) is 5.10 Å². The van der Waals surface area contributed by atoms with Crippen LogP contribution in [0.5, 0.6) is 5.75 Å². The summed E-state index contributed by atoms with van der Waals surface area (Å²) in [6.45, 7) is 4.07. The van der Waals surface area contributed by atoms with E-state index in [4.69, 9.17) is 4.74 Å². The molecule has 0 spiro atoms. The fourth-order valence-corrected chi connectivity index (χ4v) is 2.27. The molecule has 0 atom stereocenters. The van der Waals surface area contributed by atoms with Crippen molar-refractivity contribution in [3.05, 3.63) is 59.7 Å². The third-order valence-electron chi connectivity index (χ3n) is 3.77. The topological polar surface area (TPSA) is 109 Å². The lowest BCUT2D eigenvalue weighted by atomic mass is 10.2. The number of aryl methyl sites for hydroxylation is 1. The number of hydrogen-bond acceptors (Lipinski definition) is 5. The summed E-state index contributed by atoms with van der Waals surface area (Å²) < 4.78 is 5.51. The Morgan fingerprint density at radius 2 is 1.86 bits per heavy atom. The van der Waals surface area contributed by atoms with Gasteiger partial charge in [0.1, 0.15) is 5.75 Å². The van der Waals surface area contributed by atoms with E-state index in [1.165, 1.54) is 6.21 Å². The Morgan fingerprint density at radius 1 is 1.07 bits per heavy atom. The molecule has 0 aliphatic rings. The second-order valence-electron chi connectivity index (χ2n) is 6.18. The molecule has 0 aliphatic carbocycles. The van der Waals surface area contributed by atoms with Crippen LogP contribution < -0.4 is 20.8 Å². The maximum Gasteiger partial charge on any atom is 0.329 e. The Hall–Kier alpha value is -3.68. The van der Waals surface area contributed by atoms with Crippen LogP contribution in [-0.4, -0.2) is 37.1 Å². The average molecular weight is 396 g/mol. The molecule has 2 aromatic carbocycles. The van der Waals surface area contributed by atoms with Crippen molar-refractivity contribution in [1.82, 2.24) is 10.7 Å². The van der Waals surface area contributed by atoms with Gasteiger partial charge in [-0.05, 0) is 42.7 Å². The summed E-state index contributed by atoms with van der Waals surface area (Å²) in [6, 6.07) is 14.3. The van der Waals surface area contributed by atoms with E-state index >= 15 is 0 Å². The molecule has 152 valence electrons. The van der Waals surface area contributed by atoms with Crippen LogP contribution in [0.15, 0.2) is 53.6 Å². The third-order valence-corrected chi connectivity index (χ3v) is 3.77. The number of para-hydroxylation sites is 1. The zero-order chi connectivity index (χ0) is 21.1. The number of anilines is 1. The van der Waals surface area contributed by atoms with Crippen molar-refractivity contribution < 1.29 is 19.1 Å². The van der Waals surface area contributed by atoms with E-state index < -0.39 is 11.8 Å². The molecule has 3 N–H and O–H groups in total. The van der Waals surface area contributed by atoms with Crippen molar-refractivity contribution in [2.75, 3.05) is 18.5 Å². The number of amides is 3. The summed E-state index contributed by atoms with van der Waals surface area (Å²) in [6.07, 6.45) is 2.11. The van der Waals surface area contributed by atoms with Gasteiger partial charge in [-0.1, -0.05) is 37.3 Å². The monoisotopic (exact) mass is 396 g/mol. The number of nitrogens with zero attached hydrogens (tertiary/aromatic N) is 1. The van der Waals surface area contributed by atoms with Gasteiger partial charge in [-0.25, -0.2) is 5.43 Å². The number of rotatable bonds is 8. The molecule has 0 aromatic heterocycles. The van der Waals surface area contributed by atoms with Crippen molar-refractivity contribution in [3.8, 4) is 5.75 Å². The van der Waals surface area contributed by atoms with Crippen molar-refractivity contribution in [2.45, 2.75) is 20.3 Å². The highest BCUT2D eigenvalue weighted by molar-refractivity contribution is 6.35. The SMILES string of the molecule is CCCNC(=O)C(=O)N/N=C\c1cccc(OCC(=O)Nc2ccccc2C)c1. The summed E-state index contributed by atoms with van der Waals surface area (Å²) in [5.74, 6) is -1.37. The molecular formula is C21H24N4O4. The maximum atomic E-state index is 12.1. The lowest BCUT2D eigenvalue weighted by Gasteiger charge is -2.09. The predicted octanol–water partition coefficient (Wildman–Crippen LogP) is 1.99. The molecule has 0 aliphatic heterocycles. The van der Waals surface area contributed by atoms with Crippen LogP contribution in [0.4, 0.5) is 5.69 Å². The Labute approximate surface area is 169 Å². The van der Waals surface area contributed by atoms with Crippen molar-refractivity contribution >= 4 is 29.6 Å². The Morgan fingerprint density at radius 3 is 2.62 bits per heavy atom. The summed E-state index contributed by atoms with van der Waals surface area (Å²) in [5.41, 5.74) is 4.49. The standard InChI is InChI=1S/C21H24N4O4/c1-3-11-22-20(27)21(28)25-23-13-16-8-6-9-17(12-16)29-14-19(26)24-18-10-5-4-7-15(18)2/h4-10,12-13H,3,11,14H2,1-2H3,(H,22,27)(H,24,26)(H,25,28)/b23-13-. The quantitative estimate of drug-likeness (QED) is 0.360. The fourth-order valence-electron chi connectivity index (χ4n) is 2.27. The number of ether oxygens (including phenoxy) is 1. The minimum atomic E-state index is -0.838. The summed E-state index contributed by atoms with van der Waals surface area (Å²) in [4.78, 5) is 35.1. The second kappa shape index (κ2) is 11.2. The van der Waals surface area contributed by atoms with Crippen LogP contribution in [0.2, 0.25) is 0 Å². The minimum absolute atomic E-state index is 0.150. The van der Waals surface area contributed by atoms with Gasteiger partial charge in [-0.3, -0.25) is 14.4 Å². The molecule has 2 rings (SSSR count). The largest absolute Gasteiger partial charge is 0.484 e. The van der Waals surface area contributed by atoms with Crippen molar-refractivity contribution in [1.29, 1.82) is 0 Å². The molecule has 8 heteroatoms. The van der Waals surface area contributed by atoms with E-state index in [2.05, 4.69) is 21.2 Å². The summed E-state index contributed by atoms with van der Waals surface area (Å²) >= 11 is 0. The van der Waals surface area contributed by atoms with Gasteiger partial charge in [0.15, 0.2) is 6.61 Å². The first kappa shape index (κ1) is 21.6. The van der Waals surface area contributed by atoms with E-state index in [1.807, 2.05) is 38.1 Å². The second-order valence-corrected chi connectivity index (χ2v) is 6.18. The first-order chi connectivity index (χ1) is 14.0.